The number of hydrogen-bond acceptors (Lipinski definition) is 3. The number of carbonyl (C=O) groups excluding carboxylic acids is 2. The maximum Gasteiger partial charge on any atom is 0.333 e. The third kappa shape index (κ3) is 3.02. The smallest absolute Gasteiger partial charge is 0.333 e. The molecule has 0 atom stereocenters. The first-order valence-electron chi connectivity index (χ1n) is 2.85. The lowest BCUT2D eigenvalue weighted by Gasteiger charge is -1.95. The van der Waals surface area contributed by atoms with Crippen LogP contribution >= 0.6 is 0 Å². The highest BCUT2D eigenvalue weighted by molar-refractivity contribution is 5.97. The van der Waals surface area contributed by atoms with Crippen LogP contribution in [0.5, 0.6) is 0 Å². The van der Waals surface area contributed by atoms with E-state index in [0.717, 1.165) is 0 Å². The third-order valence-corrected chi connectivity index (χ3v) is 0.927. The Morgan fingerprint density at radius 2 is 1.80 bits per heavy atom. The lowest BCUT2D eigenvalue weighted by Crippen LogP contribution is -2.02. The molecule has 0 spiro atoms. The Morgan fingerprint density at radius 3 is 2.10 bits per heavy atom. The van der Waals surface area contributed by atoms with Crippen LogP contribution in [0.4, 0.5) is 0 Å². The number of methoxy groups -OCH3 is 1. The summed E-state index contributed by atoms with van der Waals surface area (Å²) in [6.07, 6.45) is 1.24. The van der Waals surface area contributed by atoms with E-state index >= 15 is 0 Å². The van der Waals surface area contributed by atoms with Crippen LogP contribution in [0, 0.1) is 0 Å². The third-order valence-electron chi connectivity index (χ3n) is 0.927. The lowest BCUT2D eigenvalue weighted by atomic mass is 10.2. The van der Waals surface area contributed by atoms with Crippen molar-refractivity contribution in [2.75, 3.05) is 7.11 Å². The van der Waals surface area contributed by atoms with E-state index in [1.165, 1.54) is 27.0 Å². The van der Waals surface area contributed by atoms with Crippen LogP contribution in [-0.4, -0.2) is 18.9 Å². The van der Waals surface area contributed by atoms with E-state index < -0.39 is 5.97 Å². The Bertz CT molecular complexity index is 179. The van der Waals surface area contributed by atoms with Crippen LogP contribution in [-0.2, 0) is 14.3 Å². The molecule has 0 heterocycles. The number of rotatable bonds is 2. The van der Waals surface area contributed by atoms with Crippen molar-refractivity contribution in [3.8, 4) is 0 Å². The molecule has 0 unspecified atom stereocenters. The van der Waals surface area contributed by atoms with Crippen molar-refractivity contribution in [3.05, 3.63) is 11.6 Å². The maximum atomic E-state index is 10.6. The van der Waals surface area contributed by atoms with E-state index in [4.69, 9.17) is 0 Å². The maximum absolute atomic E-state index is 10.6. The molecule has 3 heteroatoms. The number of esters is 1. The van der Waals surface area contributed by atoms with Crippen molar-refractivity contribution in [1.29, 1.82) is 0 Å². The van der Waals surface area contributed by atoms with Gasteiger partial charge in [0.15, 0.2) is 5.78 Å². The highest BCUT2D eigenvalue weighted by Crippen LogP contribution is 1.94. The minimum absolute atomic E-state index is 0.150. The van der Waals surface area contributed by atoms with Gasteiger partial charge in [-0.15, -0.1) is 0 Å². The first-order valence-corrected chi connectivity index (χ1v) is 2.85. The second-order valence-corrected chi connectivity index (χ2v) is 1.93. The number of ketones is 1. The zero-order chi connectivity index (χ0) is 8.15. The summed E-state index contributed by atoms with van der Waals surface area (Å²) in [5.74, 6) is -0.613. The van der Waals surface area contributed by atoms with Gasteiger partial charge in [0.1, 0.15) is 0 Å². The van der Waals surface area contributed by atoms with Gasteiger partial charge in [-0.25, -0.2) is 4.79 Å². The summed E-state index contributed by atoms with van der Waals surface area (Å²) in [6, 6.07) is 0. The van der Waals surface area contributed by atoms with Gasteiger partial charge in [0, 0.05) is 5.57 Å². The second kappa shape index (κ2) is 3.82. The molecule has 0 saturated heterocycles. The summed E-state index contributed by atoms with van der Waals surface area (Å²) in [6.45, 7) is 2.92. The largest absolute Gasteiger partial charge is 0.466 e. The Balaban J connectivity index is 4.19. The van der Waals surface area contributed by atoms with E-state index in [0.29, 0.717) is 5.57 Å². The number of ether oxygens (including phenoxy) is 1. The fourth-order valence-corrected chi connectivity index (χ4v) is 0.525. The van der Waals surface area contributed by atoms with Gasteiger partial charge in [0.05, 0.1) is 7.11 Å². The Hall–Kier alpha value is -1.12. The average Bonchev–Trinajstić information content (AvgIpc) is 1.85. The normalized spacial score (nSPS) is 10.9. The second-order valence-electron chi connectivity index (χ2n) is 1.93. The molecule has 0 aromatic carbocycles. The molecule has 3 nitrogen and oxygen atoms in total. The molecule has 0 radical (unpaired) electrons. The van der Waals surface area contributed by atoms with Gasteiger partial charge < -0.3 is 4.74 Å². The highest BCUT2D eigenvalue weighted by Gasteiger charge is 2.02. The zero-order valence-electron chi connectivity index (χ0n) is 6.30. The number of carbonyl (C=O) groups is 2. The first-order chi connectivity index (χ1) is 4.57. The van der Waals surface area contributed by atoms with Crippen LogP contribution < -0.4 is 0 Å². The average molecular weight is 142 g/mol. The quantitative estimate of drug-likeness (QED) is 0.421. The molecular weight excluding hydrogens is 132 g/mol. The zero-order valence-corrected chi connectivity index (χ0v) is 6.30. The molecule has 56 valence electrons. The van der Waals surface area contributed by atoms with Crippen LogP contribution in [0.15, 0.2) is 11.6 Å². The Kier molecular flexibility index (Phi) is 3.39. The van der Waals surface area contributed by atoms with Gasteiger partial charge in [0.25, 0.3) is 0 Å². The number of hydrogen-bond donors (Lipinski definition) is 0. The van der Waals surface area contributed by atoms with Crippen LogP contribution in [0.2, 0.25) is 0 Å². The Labute approximate surface area is 59.7 Å². The summed E-state index contributed by atoms with van der Waals surface area (Å²) in [7, 11) is 1.28. The molecule has 0 aliphatic heterocycles. The van der Waals surface area contributed by atoms with Crippen molar-refractivity contribution >= 4 is 11.8 Å². The van der Waals surface area contributed by atoms with E-state index in [-0.39, 0.29) is 5.78 Å². The fraction of sp³-hybridized carbons (Fsp3) is 0.429. The predicted molar refractivity (Wildman–Crippen MR) is 36.5 cm³/mol. The molecule has 0 aromatic rings. The predicted octanol–water partition coefficient (Wildman–Crippen LogP) is 0.695. The topological polar surface area (TPSA) is 43.4 Å². The van der Waals surface area contributed by atoms with Crippen molar-refractivity contribution in [3.63, 3.8) is 0 Å². The van der Waals surface area contributed by atoms with Gasteiger partial charge in [0.2, 0.25) is 0 Å². The summed E-state index contributed by atoms with van der Waals surface area (Å²) in [5, 5.41) is 0. The first kappa shape index (κ1) is 8.88. The number of allylic oxidation sites excluding steroid dienone is 1. The summed E-state index contributed by atoms with van der Waals surface area (Å²) in [4.78, 5) is 21.0. The van der Waals surface area contributed by atoms with Gasteiger partial charge in [-0.2, -0.15) is 0 Å². The molecule has 0 rings (SSSR count). The van der Waals surface area contributed by atoms with Crippen LogP contribution in [0.25, 0.3) is 0 Å². The summed E-state index contributed by atoms with van der Waals surface area (Å²) < 4.78 is 4.35. The molecule has 0 amide bonds. The minimum Gasteiger partial charge on any atom is -0.466 e. The van der Waals surface area contributed by atoms with Crippen molar-refractivity contribution in [2.24, 2.45) is 0 Å². The standard InChI is InChI=1S/C7H10O3/c1-5(4-6(2)8)7(9)10-3/h4H,1-3H3/b5-4-. The van der Waals surface area contributed by atoms with Crippen molar-refractivity contribution < 1.29 is 14.3 Å². The fourth-order valence-electron chi connectivity index (χ4n) is 0.525. The van der Waals surface area contributed by atoms with Crippen molar-refractivity contribution in [2.45, 2.75) is 13.8 Å². The van der Waals surface area contributed by atoms with E-state index in [1.54, 1.807) is 0 Å². The van der Waals surface area contributed by atoms with Gasteiger partial charge in [-0.05, 0) is 19.9 Å². The molecule has 10 heavy (non-hydrogen) atoms. The molecule has 0 aliphatic rings. The minimum atomic E-state index is -0.463. The van der Waals surface area contributed by atoms with Crippen LogP contribution in [0.1, 0.15) is 13.8 Å². The molecule has 0 N–H and O–H groups in total. The van der Waals surface area contributed by atoms with E-state index in [1.807, 2.05) is 0 Å². The van der Waals surface area contributed by atoms with E-state index in [9.17, 15) is 9.59 Å². The SMILES string of the molecule is COC(=O)/C(C)=C\C(C)=O. The monoisotopic (exact) mass is 142 g/mol. The molecule has 0 aliphatic carbocycles. The Morgan fingerprint density at radius 1 is 1.30 bits per heavy atom. The molecule has 0 bridgehead atoms. The van der Waals surface area contributed by atoms with Crippen molar-refractivity contribution in [1.82, 2.24) is 0 Å². The molecule has 0 aromatic heterocycles. The van der Waals surface area contributed by atoms with Crippen LogP contribution in [0.3, 0.4) is 0 Å². The van der Waals surface area contributed by atoms with Gasteiger partial charge in [-0.1, -0.05) is 0 Å². The highest BCUT2D eigenvalue weighted by atomic mass is 16.5. The van der Waals surface area contributed by atoms with Gasteiger partial charge in [-0.3, -0.25) is 4.79 Å². The molecule has 0 fully saturated rings. The summed E-state index contributed by atoms with van der Waals surface area (Å²) in [5.41, 5.74) is 0.329. The lowest BCUT2D eigenvalue weighted by molar-refractivity contribution is -0.136. The molecule has 0 saturated carbocycles. The van der Waals surface area contributed by atoms with E-state index in [2.05, 4.69) is 4.74 Å². The summed E-state index contributed by atoms with van der Waals surface area (Å²) >= 11 is 0. The molecular formula is C7H10O3. The van der Waals surface area contributed by atoms with Gasteiger partial charge >= 0.3 is 5.97 Å².